The Kier molecular flexibility index (Phi) is 8.88. The van der Waals surface area contributed by atoms with E-state index < -0.39 is 15.6 Å². The zero-order valence-corrected chi connectivity index (χ0v) is 26.8. The minimum absolute atomic E-state index is 0. The Hall–Kier alpha value is -3.03. The summed E-state index contributed by atoms with van der Waals surface area (Å²) in [5, 5.41) is 0.950. The highest BCUT2D eigenvalue weighted by Crippen LogP contribution is 2.55. The number of halogens is 1. The molecule has 0 radical (unpaired) electrons. The highest BCUT2D eigenvalue weighted by atomic mass is 35.5. The fraction of sp³-hybridized carbons (Fsp3) is 0.500. The summed E-state index contributed by atoms with van der Waals surface area (Å²) in [6.45, 7) is 3.41. The number of carbonyl (C=O) groups is 1. The first-order chi connectivity index (χ1) is 20.1. The second kappa shape index (κ2) is 12.2. The predicted molar refractivity (Wildman–Crippen MR) is 171 cm³/mol. The Bertz CT molecular complexity index is 1620. The van der Waals surface area contributed by atoms with Gasteiger partial charge in [0, 0.05) is 62.5 Å². The van der Waals surface area contributed by atoms with E-state index in [1.807, 2.05) is 40.3 Å². The number of likely N-dealkylation sites (N-methyl/N-ethyl adjacent to an activating group) is 2. The minimum Gasteiger partial charge on any atom is -0.476 e. The molecule has 1 saturated carbocycles. The number of ether oxygens (including phenoxy) is 1. The van der Waals surface area contributed by atoms with E-state index in [1.54, 1.807) is 23.4 Å². The standard InChI is InChI=1S/C30H39N7O4S.ClH/c1-34(2)11-6-16-41-28-25(33-42(39,40)37-14-12-35(3)13-15-37)18-22(19-32-28)21-7-8-24-23(17-21)27-26(20-31-24)36(4)29(38)30(27)9-5-10-30;/h7-8,17-20,33H,5-6,9-16H2,1-4H3;1H. The van der Waals surface area contributed by atoms with E-state index in [-0.39, 0.29) is 24.2 Å². The van der Waals surface area contributed by atoms with E-state index in [9.17, 15) is 13.2 Å². The summed E-state index contributed by atoms with van der Waals surface area (Å²) >= 11 is 0. The van der Waals surface area contributed by atoms with Crippen molar-refractivity contribution in [3.8, 4) is 17.0 Å². The zero-order chi connectivity index (χ0) is 29.6. The monoisotopic (exact) mass is 629 g/mol. The number of rotatable bonds is 9. The third-order valence-corrected chi connectivity index (χ3v) is 10.3. The third kappa shape index (κ3) is 5.78. The van der Waals surface area contributed by atoms with Crippen molar-refractivity contribution in [2.75, 3.05) is 77.1 Å². The third-order valence-electron chi connectivity index (χ3n) is 8.82. The Morgan fingerprint density at radius 2 is 1.77 bits per heavy atom. The smallest absolute Gasteiger partial charge is 0.301 e. The molecule has 6 rings (SSSR count). The van der Waals surface area contributed by atoms with Gasteiger partial charge in [0.25, 0.3) is 0 Å². The lowest BCUT2D eigenvalue weighted by molar-refractivity contribution is -0.125. The van der Waals surface area contributed by atoms with E-state index in [1.165, 1.54) is 4.31 Å². The first-order valence-corrected chi connectivity index (χ1v) is 16.0. The molecule has 13 heteroatoms. The molecule has 1 saturated heterocycles. The molecule has 2 aromatic heterocycles. The Labute approximate surface area is 259 Å². The van der Waals surface area contributed by atoms with Gasteiger partial charge in [-0.25, -0.2) is 4.98 Å². The Morgan fingerprint density at radius 3 is 2.44 bits per heavy atom. The lowest BCUT2D eigenvalue weighted by Crippen LogP contribution is -2.48. The summed E-state index contributed by atoms with van der Waals surface area (Å²) in [5.41, 5.74) is 4.18. The van der Waals surface area contributed by atoms with Gasteiger partial charge in [0.05, 0.1) is 29.4 Å². The number of nitrogens with one attached hydrogen (secondary N) is 1. The number of pyridine rings is 2. The molecule has 11 nitrogen and oxygen atoms in total. The fourth-order valence-corrected chi connectivity index (χ4v) is 7.43. The second-order valence-corrected chi connectivity index (χ2v) is 13.6. The van der Waals surface area contributed by atoms with Crippen LogP contribution in [0.1, 0.15) is 31.2 Å². The molecule has 0 unspecified atom stereocenters. The number of aromatic nitrogens is 2. The maximum absolute atomic E-state index is 13.4. The van der Waals surface area contributed by atoms with Crippen molar-refractivity contribution in [3.63, 3.8) is 0 Å². The molecular weight excluding hydrogens is 590 g/mol. The maximum Gasteiger partial charge on any atom is 0.301 e. The van der Waals surface area contributed by atoms with Gasteiger partial charge < -0.3 is 19.4 Å². The van der Waals surface area contributed by atoms with Gasteiger partial charge in [-0.1, -0.05) is 12.5 Å². The van der Waals surface area contributed by atoms with Crippen LogP contribution < -0.4 is 14.4 Å². The fourth-order valence-electron chi connectivity index (χ4n) is 6.23. The molecule has 232 valence electrons. The summed E-state index contributed by atoms with van der Waals surface area (Å²) in [6, 6.07) is 7.76. The number of nitrogens with zero attached hydrogens (tertiary/aromatic N) is 6. The van der Waals surface area contributed by atoms with E-state index >= 15 is 0 Å². The van der Waals surface area contributed by atoms with Crippen molar-refractivity contribution >= 4 is 50.8 Å². The van der Waals surface area contributed by atoms with E-state index in [0.29, 0.717) is 38.5 Å². The number of amides is 1. The first kappa shape index (κ1) is 31.4. The van der Waals surface area contributed by atoms with Crippen LogP contribution in [0.5, 0.6) is 5.88 Å². The van der Waals surface area contributed by atoms with E-state index in [0.717, 1.165) is 65.5 Å². The summed E-state index contributed by atoms with van der Waals surface area (Å²) < 4.78 is 37.1. The van der Waals surface area contributed by atoms with Crippen LogP contribution in [0.15, 0.2) is 36.7 Å². The highest BCUT2D eigenvalue weighted by Gasteiger charge is 2.54. The van der Waals surface area contributed by atoms with Crippen LogP contribution in [-0.4, -0.2) is 106 Å². The lowest BCUT2D eigenvalue weighted by Gasteiger charge is -2.37. The van der Waals surface area contributed by atoms with Crippen LogP contribution >= 0.6 is 12.4 Å². The lowest BCUT2D eigenvalue weighted by atomic mass is 9.64. The normalized spacial score (nSPS) is 18.5. The first-order valence-electron chi connectivity index (χ1n) is 14.5. The van der Waals surface area contributed by atoms with Crippen LogP contribution in [-0.2, 0) is 20.4 Å². The van der Waals surface area contributed by atoms with Crippen LogP contribution in [0, 0.1) is 0 Å². The predicted octanol–water partition coefficient (Wildman–Crippen LogP) is 3.35. The largest absolute Gasteiger partial charge is 0.476 e. The Morgan fingerprint density at radius 1 is 1.02 bits per heavy atom. The number of carbonyl (C=O) groups excluding carboxylic acids is 1. The van der Waals surface area contributed by atoms with Gasteiger partial charge in [-0.3, -0.25) is 14.5 Å². The van der Waals surface area contributed by atoms with Crippen molar-refractivity contribution < 1.29 is 17.9 Å². The molecule has 1 aromatic carbocycles. The summed E-state index contributed by atoms with van der Waals surface area (Å²) in [5.74, 6) is 0.390. The van der Waals surface area contributed by atoms with Crippen molar-refractivity contribution in [3.05, 3.63) is 42.2 Å². The topological polar surface area (TPSA) is 111 Å². The molecule has 3 aliphatic rings. The van der Waals surface area contributed by atoms with E-state index in [2.05, 4.69) is 30.6 Å². The summed E-state index contributed by atoms with van der Waals surface area (Å²) in [7, 11) is 3.99. The second-order valence-electron chi connectivity index (χ2n) is 11.9. The van der Waals surface area contributed by atoms with Crippen LogP contribution in [0.4, 0.5) is 11.4 Å². The molecule has 1 aliphatic carbocycles. The quantitative estimate of drug-likeness (QED) is 0.359. The molecule has 3 aromatic rings. The van der Waals surface area contributed by atoms with Gasteiger partial charge >= 0.3 is 10.2 Å². The number of hydrogen-bond donors (Lipinski definition) is 1. The number of fused-ring (bicyclic) bond motifs is 4. The maximum atomic E-state index is 13.4. The van der Waals surface area contributed by atoms with Gasteiger partial charge in [-0.05, 0) is 64.2 Å². The van der Waals surface area contributed by atoms with Crippen molar-refractivity contribution in [2.45, 2.75) is 31.1 Å². The van der Waals surface area contributed by atoms with Crippen LogP contribution in [0.3, 0.4) is 0 Å². The molecule has 1 N–H and O–H groups in total. The van der Waals surface area contributed by atoms with Crippen LogP contribution in [0.2, 0.25) is 0 Å². The molecule has 43 heavy (non-hydrogen) atoms. The molecule has 4 heterocycles. The molecule has 1 spiro atoms. The Balaban J connectivity index is 0.00000368. The zero-order valence-electron chi connectivity index (χ0n) is 25.2. The summed E-state index contributed by atoms with van der Waals surface area (Å²) in [4.78, 5) is 28.4. The molecular formula is C30H40ClN7O4S. The van der Waals surface area contributed by atoms with E-state index in [4.69, 9.17) is 4.74 Å². The SMILES string of the molecule is CN(C)CCCOc1ncc(-c2ccc3ncc4c(c3c2)C2(CCC2)C(=O)N4C)cc1NS(=O)(=O)N1CCN(C)CC1.Cl. The molecule has 2 fully saturated rings. The summed E-state index contributed by atoms with van der Waals surface area (Å²) in [6.07, 6.45) is 7.00. The number of benzene rings is 1. The number of piperazine rings is 1. The van der Waals surface area contributed by atoms with Gasteiger partial charge in [0.15, 0.2) is 0 Å². The molecule has 1 amide bonds. The van der Waals surface area contributed by atoms with Gasteiger partial charge in [0.2, 0.25) is 11.8 Å². The molecule has 0 bridgehead atoms. The number of anilines is 2. The van der Waals surface area contributed by atoms with Crippen LogP contribution in [0.25, 0.3) is 22.0 Å². The molecule has 0 atom stereocenters. The van der Waals surface area contributed by atoms with Gasteiger partial charge in [0.1, 0.15) is 5.69 Å². The highest BCUT2D eigenvalue weighted by molar-refractivity contribution is 7.90. The average Bonchev–Trinajstić information content (AvgIpc) is 3.18. The van der Waals surface area contributed by atoms with Crippen molar-refractivity contribution in [2.24, 2.45) is 0 Å². The van der Waals surface area contributed by atoms with Crippen molar-refractivity contribution in [1.29, 1.82) is 0 Å². The number of hydrogen-bond acceptors (Lipinski definition) is 8. The average molecular weight is 630 g/mol. The van der Waals surface area contributed by atoms with Gasteiger partial charge in [-0.15, -0.1) is 12.4 Å². The van der Waals surface area contributed by atoms with Gasteiger partial charge in [-0.2, -0.15) is 12.7 Å². The van der Waals surface area contributed by atoms with Crippen molar-refractivity contribution in [1.82, 2.24) is 24.1 Å². The minimum atomic E-state index is -3.82. The molecule has 2 aliphatic heterocycles.